The molecular formula is C23H24FN3O4. The molecule has 0 spiro atoms. The van der Waals surface area contributed by atoms with Crippen molar-refractivity contribution >= 4 is 11.6 Å². The average molecular weight is 425 g/mol. The van der Waals surface area contributed by atoms with Gasteiger partial charge in [-0.2, -0.15) is 0 Å². The Balaban J connectivity index is 1.56. The molecule has 2 heterocycles. The van der Waals surface area contributed by atoms with Crippen molar-refractivity contribution in [2.24, 2.45) is 0 Å². The van der Waals surface area contributed by atoms with Crippen LogP contribution in [0.5, 0.6) is 5.75 Å². The minimum Gasteiger partial charge on any atom is -0.497 e. The quantitative estimate of drug-likeness (QED) is 0.674. The zero-order chi connectivity index (χ0) is 22.0. The number of carbonyl (C=O) groups is 1. The molecule has 1 N–H and O–H groups in total. The van der Waals surface area contributed by atoms with Crippen LogP contribution in [0.1, 0.15) is 29.1 Å². The number of carbonyl (C=O) groups excluding carboxylic acids is 1. The fourth-order valence-electron chi connectivity index (χ4n) is 3.72. The molecule has 7 nitrogen and oxygen atoms in total. The molecule has 162 valence electrons. The number of rotatable bonds is 5. The number of benzene rings is 2. The lowest BCUT2D eigenvalue weighted by Gasteiger charge is -2.36. The first kappa shape index (κ1) is 20.9. The third-order valence-electron chi connectivity index (χ3n) is 5.43. The maximum atomic E-state index is 13.4. The molecule has 3 aromatic rings. The van der Waals surface area contributed by atoms with E-state index in [0.717, 1.165) is 5.69 Å². The smallest absolute Gasteiger partial charge is 0.259 e. The molecule has 8 heteroatoms. The second-order valence-corrected chi connectivity index (χ2v) is 7.43. The van der Waals surface area contributed by atoms with Gasteiger partial charge in [-0.15, -0.1) is 0 Å². The lowest BCUT2D eigenvalue weighted by atomic mass is 10.0. The first-order chi connectivity index (χ1) is 15.0. The van der Waals surface area contributed by atoms with Crippen LogP contribution in [0.3, 0.4) is 0 Å². The van der Waals surface area contributed by atoms with Gasteiger partial charge >= 0.3 is 0 Å². The van der Waals surface area contributed by atoms with E-state index in [9.17, 15) is 14.3 Å². The second-order valence-electron chi connectivity index (χ2n) is 7.43. The highest BCUT2D eigenvalue weighted by Gasteiger charge is 2.31. The van der Waals surface area contributed by atoms with Gasteiger partial charge in [0, 0.05) is 37.4 Å². The molecule has 4 rings (SSSR count). The van der Waals surface area contributed by atoms with Gasteiger partial charge < -0.3 is 24.2 Å². The Labute approximate surface area is 179 Å². The number of aliphatic hydroxyl groups is 1. The molecule has 1 aliphatic heterocycles. The Kier molecular flexibility index (Phi) is 5.90. The van der Waals surface area contributed by atoms with E-state index in [1.165, 1.54) is 12.1 Å². The lowest BCUT2D eigenvalue weighted by Crippen LogP contribution is -2.49. The normalized spacial score (nSPS) is 15.1. The minimum absolute atomic E-state index is 0.150. The van der Waals surface area contributed by atoms with Crippen molar-refractivity contribution in [1.82, 2.24) is 10.1 Å². The van der Waals surface area contributed by atoms with E-state index in [1.54, 1.807) is 55.3 Å². The molecule has 0 unspecified atom stereocenters. The molecule has 0 saturated carbocycles. The van der Waals surface area contributed by atoms with E-state index in [1.807, 2.05) is 0 Å². The lowest BCUT2D eigenvalue weighted by molar-refractivity contribution is 0.0735. The van der Waals surface area contributed by atoms with Gasteiger partial charge in [-0.1, -0.05) is 5.16 Å². The predicted molar refractivity (Wildman–Crippen MR) is 114 cm³/mol. The van der Waals surface area contributed by atoms with Gasteiger partial charge in [0.15, 0.2) is 5.76 Å². The molecule has 0 bridgehead atoms. The van der Waals surface area contributed by atoms with Gasteiger partial charge in [-0.05, 0) is 55.5 Å². The van der Waals surface area contributed by atoms with Crippen LogP contribution in [-0.4, -0.2) is 54.4 Å². The van der Waals surface area contributed by atoms with Crippen LogP contribution in [-0.2, 0) is 0 Å². The maximum absolute atomic E-state index is 13.4. The summed E-state index contributed by atoms with van der Waals surface area (Å²) in [7, 11) is 1.58. The van der Waals surface area contributed by atoms with Crippen molar-refractivity contribution in [3.05, 3.63) is 65.7 Å². The minimum atomic E-state index is -0.973. The number of nitrogens with zero attached hydrogens (tertiary/aromatic N) is 3. The number of hydrogen-bond donors (Lipinski definition) is 1. The van der Waals surface area contributed by atoms with Gasteiger partial charge in [0.25, 0.3) is 5.91 Å². The number of aliphatic hydroxyl groups excluding tert-OH is 1. The van der Waals surface area contributed by atoms with Gasteiger partial charge in [0.2, 0.25) is 0 Å². The van der Waals surface area contributed by atoms with Crippen molar-refractivity contribution in [2.75, 3.05) is 38.2 Å². The molecule has 1 atom stereocenters. The predicted octanol–water partition coefficient (Wildman–Crippen LogP) is 3.51. The van der Waals surface area contributed by atoms with Crippen LogP contribution in [0, 0.1) is 5.82 Å². The number of piperazine rings is 1. The van der Waals surface area contributed by atoms with Crippen molar-refractivity contribution in [3.8, 4) is 17.0 Å². The molecule has 1 aromatic heterocycles. The second kappa shape index (κ2) is 8.77. The Bertz CT molecular complexity index is 1040. The number of halogens is 1. The van der Waals surface area contributed by atoms with Crippen LogP contribution in [0.25, 0.3) is 11.3 Å². The summed E-state index contributed by atoms with van der Waals surface area (Å²) in [6.07, 6.45) is -0.973. The third kappa shape index (κ3) is 4.25. The maximum Gasteiger partial charge on any atom is 0.259 e. The molecule has 0 radical (unpaired) electrons. The van der Waals surface area contributed by atoms with E-state index < -0.39 is 6.10 Å². The van der Waals surface area contributed by atoms with Crippen LogP contribution in [0.2, 0.25) is 0 Å². The van der Waals surface area contributed by atoms with Crippen molar-refractivity contribution in [2.45, 2.75) is 13.0 Å². The summed E-state index contributed by atoms with van der Waals surface area (Å²) < 4.78 is 23.7. The SMILES string of the molecule is COc1ccc(-c2noc([C@H](C)O)c2C(=O)N2CCN(c3ccc(F)cc3)CC2)cc1. The summed E-state index contributed by atoms with van der Waals surface area (Å²) in [6.45, 7) is 3.75. The fraction of sp³-hybridized carbons (Fsp3) is 0.304. The number of methoxy groups -OCH3 is 1. The number of amides is 1. The van der Waals surface area contributed by atoms with Crippen molar-refractivity contribution in [1.29, 1.82) is 0 Å². The molecular weight excluding hydrogens is 401 g/mol. The standard InChI is InChI=1S/C23H24FN3O4/c1-15(28)22-20(21(25-31-22)16-3-9-19(30-2)10-4-16)23(29)27-13-11-26(12-14-27)18-7-5-17(24)6-8-18/h3-10,15,28H,11-14H2,1-2H3/t15-/m0/s1. The number of ether oxygens (including phenoxy) is 1. The van der Waals surface area contributed by atoms with E-state index in [2.05, 4.69) is 10.1 Å². The van der Waals surface area contributed by atoms with Crippen LogP contribution in [0.15, 0.2) is 53.1 Å². The van der Waals surface area contributed by atoms with Crippen molar-refractivity contribution < 1.29 is 23.6 Å². The molecule has 1 amide bonds. The van der Waals surface area contributed by atoms with Crippen LogP contribution < -0.4 is 9.64 Å². The number of aromatic nitrogens is 1. The zero-order valence-electron chi connectivity index (χ0n) is 17.4. The summed E-state index contributed by atoms with van der Waals surface area (Å²) in [5.41, 5.74) is 2.28. The monoisotopic (exact) mass is 425 g/mol. The average Bonchev–Trinajstić information content (AvgIpc) is 3.25. The third-order valence-corrected chi connectivity index (χ3v) is 5.43. The van der Waals surface area contributed by atoms with E-state index in [0.29, 0.717) is 43.2 Å². The first-order valence-electron chi connectivity index (χ1n) is 10.1. The van der Waals surface area contributed by atoms with Gasteiger partial charge in [-0.25, -0.2) is 4.39 Å². The molecule has 2 aromatic carbocycles. The van der Waals surface area contributed by atoms with Gasteiger partial charge in [0.1, 0.15) is 28.9 Å². The Hall–Kier alpha value is -3.39. The van der Waals surface area contributed by atoms with E-state index >= 15 is 0 Å². The summed E-state index contributed by atoms with van der Waals surface area (Å²) in [4.78, 5) is 17.2. The number of anilines is 1. The summed E-state index contributed by atoms with van der Waals surface area (Å²) >= 11 is 0. The summed E-state index contributed by atoms with van der Waals surface area (Å²) in [5.74, 6) is 0.327. The topological polar surface area (TPSA) is 79.0 Å². The van der Waals surface area contributed by atoms with Crippen LogP contribution in [0.4, 0.5) is 10.1 Å². The Morgan fingerprint density at radius 1 is 1.10 bits per heavy atom. The van der Waals surface area contributed by atoms with E-state index in [-0.39, 0.29) is 23.0 Å². The van der Waals surface area contributed by atoms with E-state index in [4.69, 9.17) is 9.26 Å². The highest BCUT2D eigenvalue weighted by Crippen LogP contribution is 2.31. The first-order valence-corrected chi connectivity index (χ1v) is 10.1. The summed E-state index contributed by atoms with van der Waals surface area (Å²) in [5, 5.41) is 14.2. The molecule has 31 heavy (non-hydrogen) atoms. The summed E-state index contributed by atoms with van der Waals surface area (Å²) in [6, 6.07) is 13.5. The largest absolute Gasteiger partial charge is 0.497 e. The van der Waals surface area contributed by atoms with Gasteiger partial charge in [0.05, 0.1) is 7.11 Å². The molecule has 1 saturated heterocycles. The molecule has 1 aliphatic rings. The molecule has 1 fully saturated rings. The van der Waals surface area contributed by atoms with Gasteiger partial charge in [-0.3, -0.25) is 4.79 Å². The molecule has 0 aliphatic carbocycles. The van der Waals surface area contributed by atoms with Crippen molar-refractivity contribution in [3.63, 3.8) is 0 Å². The Morgan fingerprint density at radius 3 is 2.32 bits per heavy atom. The highest BCUT2D eigenvalue weighted by atomic mass is 19.1. The zero-order valence-corrected chi connectivity index (χ0v) is 17.4. The number of hydrogen-bond acceptors (Lipinski definition) is 6. The Morgan fingerprint density at radius 2 is 1.74 bits per heavy atom. The fourth-order valence-corrected chi connectivity index (χ4v) is 3.72. The highest BCUT2D eigenvalue weighted by molar-refractivity contribution is 6.01. The van der Waals surface area contributed by atoms with Crippen LogP contribution >= 0.6 is 0 Å².